The molecule has 0 heterocycles. The van der Waals surface area contributed by atoms with E-state index in [4.69, 9.17) is 0 Å². The van der Waals surface area contributed by atoms with E-state index in [0.717, 1.165) is 0 Å². The summed E-state index contributed by atoms with van der Waals surface area (Å²) >= 11 is 0. The van der Waals surface area contributed by atoms with Crippen LogP contribution in [0.3, 0.4) is 0 Å². The molecular formula is C22H20NP. The van der Waals surface area contributed by atoms with E-state index in [1.165, 1.54) is 21.5 Å². The molecule has 0 saturated carbocycles. The van der Waals surface area contributed by atoms with Crippen molar-refractivity contribution in [3.05, 3.63) is 103 Å². The van der Waals surface area contributed by atoms with Crippen LogP contribution in [-0.4, -0.2) is 12.8 Å². The smallest absolute Gasteiger partial charge is 0.0567 e. The molecule has 0 aliphatic rings. The highest BCUT2D eigenvalue weighted by atomic mass is 31.1. The third kappa shape index (κ3) is 3.88. The number of rotatable bonds is 6. The molecule has 0 bridgehead atoms. The van der Waals surface area contributed by atoms with Gasteiger partial charge in [0.1, 0.15) is 0 Å². The lowest BCUT2D eigenvalue weighted by Crippen LogP contribution is -2.23. The highest BCUT2D eigenvalue weighted by Crippen LogP contribution is 2.33. The van der Waals surface area contributed by atoms with Crippen molar-refractivity contribution in [2.24, 2.45) is 4.99 Å². The maximum Gasteiger partial charge on any atom is 0.0567 e. The fraction of sp³-hybridized carbons (Fsp3) is 0.0455. The van der Waals surface area contributed by atoms with Crippen LogP contribution in [0.1, 0.15) is 5.56 Å². The Balaban J connectivity index is 2.12. The van der Waals surface area contributed by atoms with Crippen LogP contribution in [0.5, 0.6) is 0 Å². The van der Waals surface area contributed by atoms with E-state index in [-0.39, 0.29) is 0 Å². The fourth-order valence-electron chi connectivity index (χ4n) is 2.61. The number of nitrogens with zero attached hydrogens (tertiary/aromatic N) is 1. The van der Waals surface area contributed by atoms with E-state index < -0.39 is 7.92 Å². The predicted molar refractivity (Wildman–Crippen MR) is 108 cm³/mol. The van der Waals surface area contributed by atoms with Crippen molar-refractivity contribution in [2.45, 2.75) is 0 Å². The van der Waals surface area contributed by atoms with E-state index in [0.29, 0.717) is 6.54 Å². The first-order chi connectivity index (χ1) is 11.9. The third-order valence-electron chi connectivity index (χ3n) is 3.67. The molecule has 0 atom stereocenters. The maximum absolute atomic E-state index is 4.46. The van der Waals surface area contributed by atoms with Crippen LogP contribution in [0.25, 0.3) is 0 Å². The van der Waals surface area contributed by atoms with Crippen molar-refractivity contribution in [2.75, 3.05) is 6.54 Å². The second kappa shape index (κ2) is 8.38. The zero-order valence-corrected chi connectivity index (χ0v) is 14.4. The minimum atomic E-state index is -0.605. The highest BCUT2D eigenvalue weighted by molar-refractivity contribution is 7.80. The first-order valence-corrected chi connectivity index (χ1v) is 9.34. The standard InChI is InChI=1S/C22H20NP/c1-2-17-23-18-19-11-9-10-16-22(19)24(20-12-5-3-6-13-20)21-14-7-4-8-15-21/h2-16,18H,1,17H2. The molecule has 0 saturated heterocycles. The Hall–Kier alpha value is -2.50. The Morgan fingerprint density at radius 1 is 0.750 bits per heavy atom. The van der Waals surface area contributed by atoms with Crippen molar-refractivity contribution in [3.8, 4) is 0 Å². The normalized spacial score (nSPS) is 11.0. The molecule has 0 aromatic heterocycles. The Morgan fingerprint density at radius 2 is 1.29 bits per heavy atom. The first kappa shape index (κ1) is 16.4. The third-order valence-corrected chi connectivity index (χ3v) is 6.19. The zero-order valence-electron chi connectivity index (χ0n) is 13.5. The van der Waals surface area contributed by atoms with Gasteiger partial charge in [0, 0.05) is 11.8 Å². The van der Waals surface area contributed by atoms with Crippen molar-refractivity contribution in [1.29, 1.82) is 0 Å². The number of hydrogen-bond donors (Lipinski definition) is 0. The van der Waals surface area contributed by atoms with Gasteiger partial charge in [0.05, 0.1) is 6.54 Å². The molecule has 0 radical (unpaired) electrons. The molecule has 0 fully saturated rings. The molecule has 0 aliphatic carbocycles. The van der Waals surface area contributed by atoms with Gasteiger partial charge in [-0.05, 0) is 23.8 Å². The lowest BCUT2D eigenvalue weighted by Gasteiger charge is -2.21. The van der Waals surface area contributed by atoms with Gasteiger partial charge in [0.25, 0.3) is 0 Å². The van der Waals surface area contributed by atoms with Gasteiger partial charge in [0.2, 0.25) is 0 Å². The Labute approximate surface area is 145 Å². The molecule has 2 heteroatoms. The summed E-state index contributed by atoms with van der Waals surface area (Å²) in [6.07, 6.45) is 3.79. The molecule has 0 unspecified atom stereocenters. The predicted octanol–water partition coefficient (Wildman–Crippen LogP) is 4.05. The minimum absolute atomic E-state index is 0.605. The zero-order chi connectivity index (χ0) is 16.6. The maximum atomic E-state index is 4.46. The number of aliphatic imine (C=N–C) groups is 1. The summed E-state index contributed by atoms with van der Waals surface area (Å²) in [6, 6.07) is 30.0. The van der Waals surface area contributed by atoms with Crippen LogP contribution in [0.4, 0.5) is 0 Å². The quantitative estimate of drug-likeness (QED) is 0.367. The minimum Gasteiger partial charge on any atom is -0.288 e. The summed E-state index contributed by atoms with van der Waals surface area (Å²) < 4.78 is 0. The van der Waals surface area contributed by atoms with E-state index in [2.05, 4.69) is 96.5 Å². The number of benzene rings is 3. The molecule has 0 N–H and O–H groups in total. The van der Waals surface area contributed by atoms with Gasteiger partial charge in [-0.15, -0.1) is 6.58 Å². The summed E-state index contributed by atoms with van der Waals surface area (Å²) in [6.45, 7) is 4.38. The second-order valence-corrected chi connectivity index (χ2v) is 7.53. The van der Waals surface area contributed by atoms with Gasteiger partial charge in [-0.3, -0.25) is 4.99 Å². The van der Waals surface area contributed by atoms with Gasteiger partial charge in [-0.1, -0.05) is 91.0 Å². The number of hydrogen-bond acceptors (Lipinski definition) is 1. The summed E-state index contributed by atoms with van der Waals surface area (Å²) in [5, 5.41) is 4.03. The largest absolute Gasteiger partial charge is 0.288 e. The molecule has 0 spiro atoms. The average Bonchev–Trinajstić information content (AvgIpc) is 2.65. The highest BCUT2D eigenvalue weighted by Gasteiger charge is 2.18. The van der Waals surface area contributed by atoms with Gasteiger partial charge in [0.15, 0.2) is 0 Å². The monoisotopic (exact) mass is 329 g/mol. The lowest BCUT2D eigenvalue weighted by atomic mass is 10.2. The molecule has 3 aromatic rings. The second-order valence-electron chi connectivity index (χ2n) is 5.35. The van der Waals surface area contributed by atoms with E-state index in [9.17, 15) is 0 Å². The van der Waals surface area contributed by atoms with Crippen molar-refractivity contribution in [1.82, 2.24) is 0 Å². The summed E-state index contributed by atoms with van der Waals surface area (Å²) in [5.41, 5.74) is 1.18. The van der Waals surface area contributed by atoms with Crippen molar-refractivity contribution < 1.29 is 0 Å². The SMILES string of the molecule is C=CCN=Cc1ccccc1P(c1ccccc1)c1ccccc1. The average molecular weight is 329 g/mol. The van der Waals surface area contributed by atoms with Crippen LogP contribution in [0, 0.1) is 0 Å². The molecule has 1 nitrogen and oxygen atoms in total. The summed E-state index contributed by atoms with van der Waals surface area (Å²) in [7, 11) is -0.605. The van der Waals surface area contributed by atoms with E-state index in [1.807, 2.05) is 12.3 Å². The Bertz CT molecular complexity index is 770. The Kier molecular flexibility index (Phi) is 5.71. The first-order valence-electron chi connectivity index (χ1n) is 8.00. The van der Waals surface area contributed by atoms with Gasteiger partial charge in [-0.2, -0.15) is 0 Å². The van der Waals surface area contributed by atoms with Crippen LogP contribution in [0.2, 0.25) is 0 Å². The van der Waals surface area contributed by atoms with E-state index >= 15 is 0 Å². The summed E-state index contributed by atoms with van der Waals surface area (Å²) in [4.78, 5) is 4.46. The molecule has 3 aromatic carbocycles. The van der Waals surface area contributed by atoms with Gasteiger partial charge >= 0.3 is 0 Å². The van der Waals surface area contributed by atoms with Crippen LogP contribution < -0.4 is 15.9 Å². The molecule has 0 aliphatic heterocycles. The van der Waals surface area contributed by atoms with Crippen LogP contribution in [-0.2, 0) is 0 Å². The molecular weight excluding hydrogens is 309 g/mol. The molecule has 24 heavy (non-hydrogen) atoms. The lowest BCUT2D eigenvalue weighted by molar-refractivity contribution is 1.26. The van der Waals surface area contributed by atoms with E-state index in [1.54, 1.807) is 0 Å². The van der Waals surface area contributed by atoms with Crippen molar-refractivity contribution >= 4 is 30.0 Å². The Morgan fingerprint density at radius 3 is 1.88 bits per heavy atom. The van der Waals surface area contributed by atoms with Gasteiger partial charge in [-0.25, -0.2) is 0 Å². The van der Waals surface area contributed by atoms with Gasteiger partial charge < -0.3 is 0 Å². The molecule has 0 amide bonds. The summed E-state index contributed by atoms with van der Waals surface area (Å²) in [5.74, 6) is 0. The fourth-order valence-corrected chi connectivity index (χ4v) is 5.03. The van der Waals surface area contributed by atoms with Crippen molar-refractivity contribution in [3.63, 3.8) is 0 Å². The molecule has 118 valence electrons. The topological polar surface area (TPSA) is 12.4 Å². The molecule has 3 rings (SSSR count). The van der Waals surface area contributed by atoms with Crippen LogP contribution >= 0.6 is 7.92 Å². The van der Waals surface area contributed by atoms with Crippen LogP contribution in [0.15, 0.2) is 103 Å².